The van der Waals surface area contributed by atoms with Crippen LogP contribution in [0.3, 0.4) is 0 Å². The van der Waals surface area contributed by atoms with Crippen molar-refractivity contribution >= 4 is 22.5 Å². The third-order valence-electron chi connectivity index (χ3n) is 6.17. The number of anilines is 1. The minimum atomic E-state index is -0.0742. The molecule has 34 heavy (non-hydrogen) atoms. The van der Waals surface area contributed by atoms with Crippen LogP contribution in [0.5, 0.6) is 23.0 Å². The van der Waals surface area contributed by atoms with Crippen molar-refractivity contribution in [1.82, 2.24) is 4.98 Å². The molecule has 0 N–H and O–H groups in total. The van der Waals surface area contributed by atoms with Crippen LogP contribution < -0.4 is 23.8 Å². The maximum atomic E-state index is 13.2. The number of pyridine rings is 1. The zero-order valence-corrected chi connectivity index (χ0v) is 20.5. The van der Waals surface area contributed by atoms with Gasteiger partial charge in [-0.3, -0.25) is 4.79 Å². The molecule has 0 spiro atoms. The average Bonchev–Trinajstić information content (AvgIpc) is 2.87. The summed E-state index contributed by atoms with van der Waals surface area (Å²) >= 11 is 0. The Labute approximate surface area is 199 Å². The van der Waals surface area contributed by atoms with Gasteiger partial charge in [-0.2, -0.15) is 0 Å². The molecule has 1 fully saturated rings. The van der Waals surface area contributed by atoms with Gasteiger partial charge >= 0.3 is 0 Å². The minimum Gasteiger partial charge on any atom is -0.493 e. The van der Waals surface area contributed by atoms with Crippen molar-refractivity contribution in [1.29, 1.82) is 0 Å². The summed E-state index contributed by atoms with van der Waals surface area (Å²) in [5.41, 5.74) is 3.70. The van der Waals surface area contributed by atoms with Gasteiger partial charge in [0.1, 0.15) is 5.82 Å². The lowest BCUT2D eigenvalue weighted by Crippen LogP contribution is -2.37. The number of fused-ring (bicyclic) bond motifs is 1. The van der Waals surface area contributed by atoms with E-state index in [4.69, 9.17) is 28.7 Å². The van der Waals surface area contributed by atoms with E-state index in [1.807, 2.05) is 31.2 Å². The van der Waals surface area contributed by atoms with Crippen molar-refractivity contribution in [3.8, 4) is 34.1 Å². The second-order valence-electron chi connectivity index (χ2n) is 8.04. The highest BCUT2D eigenvalue weighted by Gasteiger charge is 2.28. The van der Waals surface area contributed by atoms with E-state index in [-0.39, 0.29) is 5.78 Å². The maximum Gasteiger partial charge on any atom is 0.164 e. The Morgan fingerprint density at radius 1 is 0.941 bits per heavy atom. The van der Waals surface area contributed by atoms with Crippen LogP contribution in [-0.4, -0.2) is 65.5 Å². The second kappa shape index (κ2) is 9.77. The number of carbonyl (C=O) groups is 1. The number of Topliss-reactive ketones (excluding diaryl/α,β-unsaturated/α-hetero) is 1. The highest BCUT2D eigenvalue weighted by atomic mass is 16.5. The van der Waals surface area contributed by atoms with Crippen LogP contribution in [0, 0.1) is 6.92 Å². The van der Waals surface area contributed by atoms with Gasteiger partial charge in [0.25, 0.3) is 0 Å². The number of morpholine rings is 1. The van der Waals surface area contributed by atoms with Crippen molar-refractivity contribution in [3.63, 3.8) is 0 Å². The lowest BCUT2D eigenvalue weighted by Gasteiger charge is -2.31. The van der Waals surface area contributed by atoms with Crippen molar-refractivity contribution < 1.29 is 28.5 Å². The number of aryl methyl sites for hydroxylation is 1. The van der Waals surface area contributed by atoms with Gasteiger partial charge in [-0.1, -0.05) is 6.07 Å². The molecule has 0 atom stereocenters. The fraction of sp³-hybridized carbons (Fsp3) is 0.385. The molecule has 8 heteroatoms. The number of aromatic nitrogens is 1. The van der Waals surface area contributed by atoms with Gasteiger partial charge in [0.05, 0.1) is 52.7 Å². The summed E-state index contributed by atoms with van der Waals surface area (Å²) < 4.78 is 27.8. The van der Waals surface area contributed by atoms with Crippen molar-refractivity contribution in [2.75, 3.05) is 59.6 Å². The third-order valence-corrected chi connectivity index (χ3v) is 6.17. The summed E-state index contributed by atoms with van der Waals surface area (Å²) in [4.78, 5) is 20.3. The standard InChI is InChI=1S/C26H30N2O6/c1-15-22-18(14-21(32-5)25(15)33-6)27-26(28-9-11-34-12-10-28)23(16(2)29)24(22)17-7-8-19(30-3)20(13-17)31-4/h7-8,13-14H,9-12H2,1-6H3. The molecule has 180 valence electrons. The second-order valence-corrected chi connectivity index (χ2v) is 8.04. The van der Waals surface area contributed by atoms with E-state index in [9.17, 15) is 4.79 Å². The van der Waals surface area contributed by atoms with Gasteiger partial charge in [-0.25, -0.2) is 4.98 Å². The fourth-order valence-electron chi connectivity index (χ4n) is 4.59. The zero-order valence-electron chi connectivity index (χ0n) is 20.5. The number of carbonyl (C=O) groups excluding carboxylic acids is 1. The lowest BCUT2D eigenvalue weighted by atomic mass is 9.90. The smallest absolute Gasteiger partial charge is 0.164 e. The quantitative estimate of drug-likeness (QED) is 0.478. The van der Waals surface area contributed by atoms with Crippen LogP contribution in [0.4, 0.5) is 5.82 Å². The van der Waals surface area contributed by atoms with Gasteiger partial charge in [0, 0.05) is 35.7 Å². The molecule has 1 aromatic heterocycles. The Morgan fingerprint density at radius 2 is 1.62 bits per heavy atom. The van der Waals surface area contributed by atoms with E-state index >= 15 is 0 Å². The normalized spacial score (nSPS) is 13.6. The molecule has 0 amide bonds. The third kappa shape index (κ3) is 3.98. The van der Waals surface area contributed by atoms with Crippen molar-refractivity contribution in [2.45, 2.75) is 13.8 Å². The molecule has 3 aromatic rings. The van der Waals surface area contributed by atoms with E-state index in [0.29, 0.717) is 66.2 Å². The SMILES string of the molecule is COc1ccc(-c2c(C(C)=O)c(N3CCOCC3)nc3cc(OC)c(OC)c(C)c23)cc1OC. The Balaban J connectivity index is 2.16. The van der Waals surface area contributed by atoms with Crippen molar-refractivity contribution in [3.05, 3.63) is 35.4 Å². The molecule has 1 aliphatic rings. The summed E-state index contributed by atoms with van der Waals surface area (Å²) in [6.45, 7) is 5.98. The largest absolute Gasteiger partial charge is 0.493 e. The van der Waals surface area contributed by atoms with Gasteiger partial charge in [0.2, 0.25) is 0 Å². The predicted octanol–water partition coefficient (Wildman–Crippen LogP) is 4.28. The van der Waals surface area contributed by atoms with E-state index in [2.05, 4.69) is 4.90 Å². The van der Waals surface area contributed by atoms with Crippen molar-refractivity contribution in [2.24, 2.45) is 0 Å². The van der Waals surface area contributed by atoms with Gasteiger partial charge in [0.15, 0.2) is 28.8 Å². The number of hydrogen-bond acceptors (Lipinski definition) is 8. The fourth-order valence-corrected chi connectivity index (χ4v) is 4.59. The first-order valence-corrected chi connectivity index (χ1v) is 11.1. The van der Waals surface area contributed by atoms with E-state index < -0.39 is 0 Å². The number of benzene rings is 2. The lowest BCUT2D eigenvalue weighted by molar-refractivity contribution is 0.101. The molecule has 1 saturated heterocycles. The van der Waals surface area contributed by atoms with Crippen LogP contribution in [0.25, 0.3) is 22.0 Å². The van der Waals surface area contributed by atoms with Gasteiger partial charge in [-0.15, -0.1) is 0 Å². The highest BCUT2D eigenvalue weighted by molar-refractivity contribution is 6.14. The molecule has 0 unspecified atom stereocenters. The molecule has 2 aromatic carbocycles. The molecule has 1 aliphatic heterocycles. The first kappa shape index (κ1) is 23.6. The zero-order chi connectivity index (χ0) is 24.4. The number of rotatable bonds is 7. The monoisotopic (exact) mass is 466 g/mol. The molecular weight excluding hydrogens is 436 g/mol. The van der Waals surface area contributed by atoms with E-state index in [1.54, 1.807) is 35.4 Å². The van der Waals surface area contributed by atoms with E-state index in [1.165, 1.54) is 0 Å². The number of nitrogens with zero attached hydrogens (tertiary/aromatic N) is 2. The summed E-state index contributed by atoms with van der Waals surface area (Å²) in [5.74, 6) is 2.94. The molecule has 0 radical (unpaired) electrons. The van der Waals surface area contributed by atoms with Crippen LogP contribution in [0.2, 0.25) is 0 Å². The number of hydrogen-bond donors (Lipinski definition) is 0. The number of ketones is 1. The first-order chi connectivity index (χ1) is 16.4. The maximum absolute atomic E-state index is 13.2. The molecule has 0 aliphatic carbocycles. The topological polar surface area (TPSA) is 79.4 Å². The summed E-state index contributed by atoms with van der Waals surface area (Å²) in [6.07, 6.45) is 0. The Bertz CT molecular complexity index is 1230. The Hall–Kier alpha value is -3.52. The summed E-state index contributed by atoms with van der Waals surface area (Å²) in [6, 6.07) is 7.52. The predicted molar refractivity (Wildman–Crippen MR) is 131 cm³/mol. The van der Waals surface area contributed by atoms with Crippen LogP contribution in [-0.2, 0) is 4.74 Å². The van der Waals surface area contributed by atoms with Gasteiger partial charge < -0.3 is 28.6 Å². The molecular formula is C26H30N2O6. The highest BCUT2D eigenvalue weighted by Crippen LogP contribution is 2.45. The molecule has 0 saturated carbocycles. The van der Waals surface area contributed by atoms with Crippen LogP contribution in [0.15, 0.2) is 24.3 Å². The molecule has 2 heterocycles. The Kier molecular flexibility index (Phi) is 6.79. The first-order valence-electron chi connectivity index (χ1n) is 11.1. The number of methoxy groups -OCH3 is 4. The summed E-state index contributed by atoms with van der Waals surface area (Å²) in [5, 5.41) is 0.826. The molecule has 8 nitrogen and oxygen atoms in total. The number of ether oxygens (including phenoxy) is 5. The van der Waals surface area contributed by atoms with E-state index in [0.717, 1.165) is 22.1 Å². The average molecular weight is 467 g/mol. The molecule has 4 rings (SSSR count). The summed E-state index contributed by atoms with van der Waals surface area (Å²) in [7, 11) is 6.40. The van der Waals surface area contributed by atoms with Crippen LogP contribution >= 0.6 is 0 Å². The Morgan fingerprint density at radius 3 is 2.21 bits per heavy atom. The van der Waals surface area contributed by atoms with Gasteiger partial charge in [-0.05, 0) is 31.5 Å². The minimum absolute atomic E-state index is 0.0742. The van der Waals surface area contributed by atoms with Crippen LogP contribution in [0.1, 0.15) is 22.8 Å². The molecule has 0 bridgehead atoms.